The van der Waals surface area contributed by atoms with E-state index in [1.165, 1.54) is 0 Å². The largest absolute Gasteiger partial charge is 0.370 e. The minimum absolute atomic E-state index is 0.331. The van der Waals surface area contributed by atoms with Gasteiger partial charge in [-0.2, -0.15) is 4.31 Å². The monoisotopic (exact) mass is 297 g/mol. The van der Waals surface area contributed by atoms with Crippen LogP contribution in [0.2, 0.25) is 0 Å². The molecule has 2 heterocycles. The number of hydrogen-bond acceptors (Lipinski definition) is 4. The van der Waals surface area contributed by atoms with Gasteiger partial charge in [0.15, 0.2) is 0 Å². The Bertz CT molecular complexity index is 545. The maximum absolute atomic E-state index is 12.7. The van der Waals surface area contributed by atoms with Crippen molar-refractivity contribution in [3.63, 3.8) is 0 Å². The van der Waals surface area contributed by atoms with E-state index in [-0.39, 0.29) is 0 Å². The molecule has 20 heavy (non-hydrogen) atoms. The number of nitrogens with zero attached hydrogens (tertiary/aromatic N) is 2. The SMILES string of the molecule is CCNc1cc(S(=O)(=O)N2CCCC(C)CC2)ccn1. The molecule has 1 N–H and O–H groups in total. The quantitative estimate of drug-likeness (QED) is 0.926. The van der Waals surface area contributed by atoms with Crippen molar-refractivity contribution in [2.45, 2.75) is 38.0 Å². The van der Waals surface area contributed by atoms with E-state index in [1.54, 1.807) is 22.6 Å². The Morgan fingerprint density at radius 3 is 2.95 bits per heavy atom. The summed E-state index contributed by atoms with van der Waals surface area (Å²) in [5.41, 5.74) is 0. The maximum atomic E-state index is 12.7. The molecule has 0 spiro atoms. The summed E-state index contributed by atoms with van der Waals surface area (Å²) in [5, 5.41) is 3.05. The van der Waals surface area contributed by atoms with E-state index in [9.17, 15) is 8.42 Å². The van der Waals surface area contributed by atoms with E-state index in [4.69, 9.17) is 0 Å². The molecule has 0 bridgehead atoms. The van der Waals surface area contributed by atoms with Gasteiger partial charge in [-0.3, -0.25) is 0 Å². The van der Waals surface area contributed by atoms with Crippen LogP contribution in [0.15, 0.2) is 23.2 Å². The number of hydrogen-bond donors (Lipinski definition) is 1. The molecule has 1 aliphatic heterocycles. The van der Waals surface area contributed by atoms with Crippen LogP contribution in [0, 0.1) is 5.92 Å². The summed E-state index contributed by atoms with van der Waals surface area (Å²) in [6.07, 6.45) is 4.52. The standard InChI is InChI=1S/C14H23N3O2S/c1-3-15-14-11-13(6-8-16-14)20(18,19)17-9-4-5-12(2)7-10-17/h6,8,11-12H,3-5,7,9-10H2,1-2H3,(H,15,16). The molecule has 2 rings (SSSR count). The molecule has 0 aromatic carbocycles. The predicted octanol–water partition coefficient (Wildman–Crippen LogP) is 2.32. The topological polar surface area (TPSA) is 62.3 Å². The third-order valence-electron chi connectivity index (χ3n) is 3.70. The summed E-state index contributed by atoms with van der Waals surface area (Å²) in [6, 6.07) is 3.19. The first-order valence-electron chi connectivity index (χ1n) is 7.24. The van der Waals surface area contributed by atoms with Crippen LogP contribution in [0.5, 0.6) is 0 Å². The molecule has 0 radical (unpaired) electrons. The maximum Gasteiger partial charge on any atom is 0.243 e. The van der Waals surface area contributed by atoms with Crippen LogP contribution in [0.1, 0.15) is 33.1 Å². The van der Waals surface area contributed by atoms with Crippen molar-refractivity contribution in [1.29, 1.82) is 0 Å². The van der Waals surface area contributed by atoms with E-state index in [1.807, 2.05) is 6.92 Å². The van der Waals surface area contributed by atoms with Crippen molar-refractivity contribution in [1.82, 2.24) is 9.29 Å². The van der Waals surface area contributed by atoms with Crippen LogP contribution >= 0.6 is 0 Å². The fourth-order valence-electron chi connectivity index (χ4n) is 2.48. The van der Waals surface area contributed by atoms with Crippen molar-refractivity contribution < 1.29 is 8.42 Å². The molecule has 112 valence electrons. The second-order valence-electron chi connectivity index (χ2n) is 5.35. The van der Waals surface area contributed by atoms with Crippen molar-refractivity contribution >= 4 is 15.8 Å². The molecule has 0 aliphatic carbocycles. The zero-order valence-electron chi connectivity index (χ0n) is 12.2. The highest BCUT2D eigenvalue weighted by Gasteiger charge is 2.26. The van der Waals surface area contributed by atoms with Gasteiger partial charge in [0, 0.05) is 31.9 Å². The molecule has 1 aromatic rings. The zero-order chi connectivity index (χ0) is 14.6. The van der Waals surface area contributed by atoms with Gasteiger partial charge >= 0.3 is 0 Å². The fraction of sp³-hybridized carbons (Fsp3) is 0.643. The van der Waals surface area contributed by atoms with Gasteiger partial charge < -0.3 is 5.32 Å². The highest BCUT2D eigenvalue weighted by Crippen LogP contribution is 2.23. The average molecular weight is 297 g/mol. The van der Waals surface area contributed by atoms with Gasteiger partial charge in [-0.25, -0.2) is 13.4 Å². The lowest BCUT2D eigenvalue weighted by Gasteiger charge is -2.20. The third kappa shape index (κ3) is 3.49. The molecule has 0 saturated carbocycles. The minimum Gasteiger partial charge on any atom is -0.370 e. The zero-order valence-corrected chi connectivity index (χ0v) is 13.0. The van der Waals surface area contributed by atoms with Gasteiger partial charge in [0.2, 0.25) is 10.0 Å². The summed E-state index contributed by atoms with van der Waals surface area (Å²) in [5.74, 6) is 1.21. The van der Waals surface area contributed by atoms with Crippen molar-refractivity contribution in [2.24, 2.45) is 5.92 Å². The van der Waals surface area contributed by atoms with E-state index >= 15 is 0 Å². The highest BCUT2D eigenvalue weighted by molar-refractivity contribution is 7.89. The Balaban J connectivity index is 2.22. The lowest BCUT2D eigenvalue weighted by molar-refractivity contribution is 0.416. The molecule has 1 saturated heterocycles. The second-order valence-corrected chi connectivity index (χ2v) is 7.29. The summed E-state index contributed by atoms with van der Waals surface area (Å²) in [4.78, 5) is 4.46. The van der Waals surface area contributed by atoms with Crippen LogP contribution < -0.4 is 5.32 Å². The lowest BCUT2D eigenvalue weighted by atomic mass is 10.0. The molecule has 1 atom stereocenters. The Kier molecular flexibility index (Phi) is 4.99. The van der Waals surface area contributed by atoms with Crippen LogP contribution in [-0.4, -0.2) is 37.3 Å². The normalized spacial score (nSPS) is 21.4. The predicted molar refractivity (Wildman–Crippen MR) is 80.2 cm³/mol. The van der Waals surface area contributed by atoms with Crippen LogP contribution in [0.4, 0.5) is 5.82 Å². The smallest absolute Gasteiger partial charge is 0.243 e. The number of anilines is 1. The number of aromatic nitrogens is 1. The summed E-state index contributed by atoms with van der Waals surface area (Å²) in [6.45, 7) is 6.09. The first-order chi connectivity index (χ1) is 9.54. The Labute approximate surface area is 121 Å². The van der Waals surface area contributed by atoms with Gasteiger partial charge in [0.05, 0.1) is 4.90 Å². The second kappa shape index (κ2) is 6.54. The van der Waals surface area contributed by atoms with E-state index in [0.29, 0.717) is 29.7 Å². The molecular formula is C14H23N3O2S. The molecule has 5 nitrogen and oxygen atoms in total. The average Bonchev–Trinajstić information content (AvgIpc) is 2.65. The minimum atomic E-state index is -3.40. The van der Waals surface area contributed by atoms with Gasteiger partial charge in [0.1, 0.15) is 5.82 Å². The van der Waals surface area contributed by atoms with Crippen molar-refractivity contribution in [3.8, 4) is 0 Å². The number of sulfonamides is 1. The van der Waals surface area contributed by atoms with Crippen molar-refractivity contribution in [2.75, 3.05) is 25.0 Å². The molecular weight excluding hydrogens is 274 g/mol. The van der Waals surface area contributed by atoms with E-state index in [2.05, 4.69) is 17.2 Å². The number of pyridine rings is 1. The molecule has 1 fully saturated rings. The summed E-state index contributed by atoms with van der Waals surface area (Å²) >= 11 is 0. The highest BCUT2D eigenvalue weighted by atomic mass is 32.2. The van der Waals surface area contributed by atoms with Crippen LogP contribution in [0.3, 0.4) is 0 Å². The Morgan fingerprint density at radius 2 is 2.20 bits per heavy atom. The number of rotatable bonds is 4. The molecule has 1 aromatic heterocycles. The van der Waals surface area contributed by atoms with Crippen LogP contribution in [0.25, 0.3) is 0 Å². The van der Waals surface area contributed by atoms with Crippen molar-refractivity contribution in [3.05, 3.63) is 18.3 Å². The third-order valence-corrected chi connectivity index (χ3v) is 5.60. The summed E-state index contributed by atoms with van der Waals surface area (Å²) in [7, 11) is -3.40. The fourth-order valence-corrected chi connectivity index (χ4v) is 3.98. The van der Waals surface area contributed by atoms with Crippen LogP contribution in [-0.2, 0) is 10.0 Å². The van der Waals surface area contributed by atoms with E-state index < -0.39 is 10.0 Å². The van der Waals surface area contributed by atoms with Gasteiger partial charge in [-0.15, -0.1) is 0 Å². The van der Waals surface area contributed by atoms with Gasteiger partial charge in [0.25, 0.3) is 0 Å². The molecule has 0 amide bonds. The number of nitrogens with one attached hydrogen (secondary N) is 1. The summed E-state index contributed by atoms with van der Waals surface area (Å²) < 4.78 is 27.0. The molecule has 1 aliphatic rings. The Morgan fingerprint density at radius 1 is 1.40 bits per heavy atom. The van der Waals surface area contributed by atoms with Gasteiger partial charge in [-0.05, 0) is 38.2 Å². The molecule has 6 heteroatoms. The first-order valence-corrected chi connectivity index (χ1v) is 8.68. The van der Waals surface area contributed by atoms with E-state index in [0.717, 1.165) is 25.8 Å². The first kappa shape index (κ1) is 15.3. The lowest BCUT2D eigenvalue weighted by Crippen LogP contribution is -2.32. The molecule has 1 unspecified atom stereocenters. The van der Waals surface area contributed by atoms with Gasteiger partial charge in [-0.1, -0.05) is 6.92 Å². The Hall–Kier alpha value is -1.14.